The van der Waals surface area contributed by atoms with Gasteiger partial charge in [0.15, 0.2) is 0 Å². The molecule has 0 aliphatic rings. The minimum absolute atomic E-state index is 0.127. The van der Waals surface area contributed by atoms with E-state index in [2.05, 4.69) is 10.3 Å². The van der Waals surface area contributed by atoms with Crippen LogP contribution in [0.3, 0.4) is 0 Å². The van der Waals surface area contributed by atoms with Crippen LogP contribution in [0.25, 0.3) is 5.65 Å². The van der Waals surface area contributed by atoms with Gasteiger partial charge in [-0.15, -0.1) is 0 Å². The predicted molar refractivity (Wildman–Crippen MR) is 93.4 cm³/mol. The molecular weight excluding hydrogens is 302 g/mol. The van der Waals surface area contributed by atoms with Crippen molar-refractivity contribution in [2.24, 2.45) is 0 Å². The standard InChI is InChI=1S/C19H21N3O2/c1-4-24-16-7-5-15(6-8-16)12-20-19(23)18-14(3)21-17-11-13(2)9-10-22(17)18/h5-11H,4,12H2,1-3H3,(H,20,23). The number of pyridine rings is 1. The third kappa shape index (κ3) is 3.25. The lowest BCUT2D eigenvalue weighted by atomic mass is 10.2. The SMILES string of the molecule is CCOc1ccc(CNC(=O)c2c(C)nc3cc(C)ccn23)cc1. The van der Waals surface area contributed by atoms with E-state index in [-0.39, 0.29) is 5.91 Å². The molecule has 5 heteroatoms. The van der Waals surface area contributed by atoms with Gasteiger partial charge in [-0.1, -0.05) is 12.1 Å². The molecule has 1 aromatic carbocycles. The second kappa shape index (κ2) is 6.74. The number of carbonyl (C=O) groups excluding carboxylic acids is 1. The smallest absolute Gasteiger partial charge is 0.270 e. The molecule has 0 saturated heterocycles. The van der Waals surface area contributed by atoms with Crippen molar-refractivity contribution in [1.29, 1.82) is 0 Å². The lowest BCUT2D eigenvalue weighted by Gasteiger charge is -2.08. The number of nitrogens with zero attached hydrogens (tertiary/aromatic N) is 2. The molecule has 0 bridgehead atoms. The van der Waals surface area contributed by atoms with Crippen LogP contribution in [0.4, 0.5) is 0 Å². The van der Waals surface area contributed by atoms with Crippen LogP contribution < -0.4 is 10.1 Å². The van der Waals surface area contributed by atoms with E-state index in [1.807, 2.05) is 67.8 Å². The third-order valence-corrected chi connectivity index (χ3v) is 3.86. The number of rotatable bonds is 5. The van der Waals surface area contributed by atoms with Gasteiger partial charge in [0, 0.05) is 12.7 Å². The number of imidazole rings is 1. The van der Waals surface area contributed by atoms with Gasteiger partial charge in [0.1, 0.15) is 17.1 Å². The molecule has 124 valence electrons. The lowest BCUT2D eigenvalue weighted by Crippen LogP contribution is -2.25. The molecule has 0 aliphatic carbocycles. The number of nitrogens with one attached hydrogen (secondary N) is 1. The molecule has 2 heterocycles. The van der Waals surface area contributed by atoms with Gasteiger partial charge in [0.25, 0.3) is 5.91 Å². The van der Waals surface area contributed by atoms with Gasteiger partial charge in [-0.05, 0) is 56.2 Å². The van der Waals surface area contributed by atoms with Crippen molar-refractivity contribution in [1.82, 2.24) is 14.7 Å². The molecule has 24 heavy (non-hydrogen) atoms. The number of ether oxygens (including phenoxy) is 1. The van der Waals surface area contributed by atoms with E-state index in [9.17, 15) is 4.79 Å². The summed E-state index contributed by atoms with van der Waals surface area (Å²) in [6.07, 6.45) is 1.89. The van der Waals surface area contributed by atoms with E-state index in [1.54, 1.807) is 0 Å². The van der Waals surface area contributed by atoms with Gasteiger partial charge in [0.2, 0.25) is 0 Å². The first-order chi connectivity index (χ1) is 11.6. The van der Waals surface area contributed by atoms with E-state index < -0.39 is 0 Å². The fourth-order valence-corrected chi connectivity index (χ4v) is 2.67. The summed E-state index contributed by atoms with van der Waals surface area (Å²) in [4.78, 5) is 17.0. The first kappa shape index (κ1) is 16.1. The molecule has 1 N–H and O–H groups in total. The van der Waals surface area contributed by atoms with Gasteiger partial charge in [-0.25, -0.2) is 4.98 Å². The second-order valence-corrected chi connectivity index (χ2v) is 5.74. The van der Waals surface area contributed by atoms with Crippen molar-refractivity contribution in [3.8, 4) is 5.75 Å². The number of carbonyl (C=O) groups is 1. The molecule has 0 fully saturated rings. The molecule has 3 aromatic rings. The van der Waals surface area contributed by atoms with Crippen LogP contribution in [0, 0.1) is 13.8 Å². The van der Waals surface area contributed by atoms with Crippen molar-refractivity contribution in [3.05, 3.63) is 65.1 Å². The Labute approximate surface area is 141 Å². The summed E-state index contributed by atoms with van der Waals surface area (Å²) in [5, 5.41) is 2.96. The molecule has 2 aromatic heterocycles. The molecule has 1 amide bonds. The van der Waals surface area contributed by atoms with Crippen molar-refractivity contribution in [2.45, 2.75) is 27.3 Å². The normalized spacial score (nSPS) is 10.8. The number of hydrogen-bond donors (Lipinski definition) is 1. The van der Waals surface area contributed by atoms with Crippen LogP contribution in [0.15, 0.2) is 42.6 Å². The first-order valence-electron chi connectivity index (χ1n) is 8.03. The summed E-state index contributed by atoms with van der Waals surface area (Å²) >= 11 is 0. The fourth-order valence-electron chi connectivity index (χ4n) is 2.67. The van der Waals surface area contributed by atoms with Crippen molar-refractivity contribution in [2.75, 3.05) is 6.61 Å². The molecule has 0 radical (unpaired) electrons. The molecule has 0 unspecified atom stereocenters. The summed E-state index contributed by atoms with van der Waals surface area (Å²) in [6, 6.07) is 11.7. The number of aryl methyl sites for hydroxylation is 2. The number of benzene rings is 1. The van der Waals surface area contributed by atoms with Crippen LogP contribution in [-0.4, -0.2) is 21.9 Å². The molecule has 3 rings (SSSR count). The molecule has 0 atom stereocenters. The zero-order valence-corrected chi connectivity index (χ0v) is 14.2. The topological polar surface area (TPSA) is 55.6 Å². The van der Waals surface area contributed by atoms with E-state index >= 15 is 0 Å². The Morgan fingerprint density at radius 2 is 1.96 bits per heavy atom. The Bertz CT molecular complexity index is 866. The van der Waals surface area contributed by atoms with Crippen molar-refractivity contribution in [3.63, 3.8) is 0 Å². The highest BCUT2D eigenvalue weighted by Gasteiger charge is 2.16. The fraction of sp³-hybridized carbons (Fsp3) is 0.263. The Kier molecular flexibility index (Phi) is 4.51. The minimum Gasteiger partial charge on any atom is -0.494 e. The molecule has 0 saturated carbocycles. The van der Waals surface area contributed by atoms with Crippen molar-refractivity contribution >= 4 is 11.6 Å². The lowest BCUT2D eigenvalue weighted by molar-refractivity contribution is 0.0944. The zero-order valence-electron chi connectivity index (χ0n) is 14.2. The Morgan fingerprint density at radius 3 is 2.67 bits per heavy atom. The van der Waals surface area contributed by atoms with Crippen LogP contribution in [0.1, 0.15) is 34.2 Å². The largest absolute Gasteiger partial charge is 0.494 e. The third-order valence-electron chi connectivity index (χ3n) is 3.86. The molecule has 0 spiro atoms. The van der Waals surface area contributed by atoms with E-state index in [0.29, 0.717) is 18.8 Å². The van der Waals surface area contributed by atoms with Crippen LogP contribution >= 0.6 is 0 Å². The summed E-state index contributed by atoms with van der Waals surface area (Å²) in [5.41, 5.74) is 4.24. The number of aromatic nitrogens is 2. The quantitative estimate of drug-likeness (QED) is 0.784. The van der Waals surface area contributed by atoms with Gasteiger partial charge in [0.05, 0.1) is 12.3 Å². The molecule has 5 nitrogen and oxygen atoms in total. The Hall–Kier alpha value is -2.82. The van der Waals surface area contributed by atoms with Crippen LogP contribution in [0.5, 0.6) is 5.75 Å². The maximum atomic E-state index is 12.6. The van der Waals surface area contributed by atoms with Gasteiger partial charge < -0.3 is 10.1 Å². The van der Waals surface area contributed by atoms with E-state index in [0.717, 1.165) is 28.2 Å². The summed E-state index contributed by atoms with van der Waals surface area (Å²) in [6.45, 7) is 6.92. The monoisotopic (exact) mass is 323 g/mol. The molecular formula is C19H21N3O2. The number of fused-ring (bicyclic) bond motifs is 1. The Morgan fingerprint density at radius 1 is 1.21 bits per heavy atom. The highest BCUT2D eigenvalue weighted by atomic mass is 16.5. The van der Waals surface area contributed by atoms with Gasteiger partial charge in [-0.2, -0.15) is 0 Å². The minimum atomic E-state index is -0.127. The highest BCUT2D eigenvalue weighted by molar-refractivity contribution is 5.94. The van der Waals surface area contributed by atoms with Crippen LogP contribution in [0.2, 0.25) is 0 Å². The summed E-state index contributed by atoms with van der Waals surface area (Å²) in [5.74, 6) is 0.707. The summed E-state index contributed by atoms with van der Waals surface area (Å²) < 4.78 is 7.25. The van der Waals surface area contributed by atoms with E-state index in [4.69, 9.17) is 4.74 Å². The Balaban J connectivity index is 1.74. The first-order valence-corrected chi connectivity index (χ1v) is 8.03. The van der Waals surface area contributed by atoms with Gasteiger partial charge >= 0.3 is 0 Å². The average Bonchev–Trinajstić information content (AvgIpc) is 2.89. The predicted octanol–water partition coefficient (Wildman–Crippen LogP) is 3.28. The summed E-state index contributed by atoms with van der Waals surface area (Å²) in [7, 11) is 0. The van der Waals surface area contributed by atoms with Crippen LogP contribution in [-0.2, 0) is 6.54 Å². The highest BCUT2D eigenvalue weighted by Crippen LogP contribution is 2.15. The van der Waals surface area contributed by atoms with Crippen molar-refractivity contribution < 1.29 is 9.53 Å². The molecule has 0 aliphatic heterocycles. The zero-order chi connectivity index (χ0) is 17.1. The van der Waals surface area contributed by atoms with Gasteiger partial charge in [-0.3, -0.25) is 9.20 Å². The maximum absolute atomic E-state index is 12.6. The second-order valence-electron chi connectivity index (χ2n) is 5.74. The maximum Gasteiger partial charge on any atom is 0.270 e. The number of hydrogen-bond acceptors (Lipinski definition) is 3. The van der Waals surface area contributed by atoms with E-state index in [1.165, 1.54) is 0 Å². The number of amides is 1. The average molecular weight is 323 g/mol.